The molecule has 3 heteroatoms. The van der Waals surface area contributed by atoms with E-state index < -0.39 is 0 Å². The lowest BCUT2D eigenvalue weighted by atomic mass is 9.85. The molecule has 3 atom stereocenters. The smallest absolute Gasteiger partial charge is 0.101 e. The van der Waals surface area contributed by atoms with Crippen molar-refractivity contribution in [3.63, 3.8) is 0 Å². The lowest BCUT2D eigenvalue weighted by molar-refractivity contribution is 0.505. The van der Waals surface area contributed by atoms with Crippen molar-refractivity contribution in [1.29, 1.82) is 0 Å². The van der Waals surface area contributed by atoms with Gasteiger partial charge >= 0.3 is 0 Å². The molecule has 2 saturated heterocycles. The van der Waals surface area contributed by atoms with E-state index in [9.17, 15) is 0 Å². The second-order valence-electron chi connectivity index (χ2n) is 4.30. The topological polar surface area (TPSA) is 24.9 Å². The molecule has 0 aromatic carbocycles. The summed E-state index contributed by atoms with van der Waals surface area (Å²) in [6.07, 6.45) is 6.09. The van der Waals surface area contributed by atoms with E-state index in [1.165, 1.54) is 24.8 Å². The van der Waals surface area contributed by atoms with Gasteiger partial charge in [-0.3, -0.25) is 4.98 Å². The van der Waals surface area contributed by atoms with Crippen molar-refractivity contribution in [2.45, 2.75) is 37.3 Å². The van der Waals surface area contributed by atoms with E-state index in [2.05, 4.69) is 51.2 Å². The third kappa shape index (κ3) is 1.46. The van der Waals surface area contributed by atoms with Gasteiger partial charge in [0.25, 0.3) is 0 Å². The molecule has 1 N–H and O–H groups in total. The maximum Gasteiger partial charge on any atom is 0.101 e. The molecule has 0 saturated carbocycles. The van der Waals surface area contributed by atoms with Crippen molar-refractivity contribution in [2.75, 3.05) is 0 Å². The van der Waals surface area contributed by atoms with Gasteiger partial charge < -0.3 is 5.32 Å². The Balaban J connectivity index is 1.86. The third-order valence-corrected chi connectivity index (χ3v) is 4.12. The molecule has 0 spiro atoms. The van der Waals surface area contributed by atoms with Gasteiger partial charge in [-0.25, -0.2) is 0 Å². The summed E-state index contributed by atoms with van der Waals surface area (Å²) in [5, 5.41) is 3.66. The second-order valence-corrected chi connectivity index (χ2v) is 5.41. The number of halogens is 1. The number of aromatic nitrogens is 1. The minimum atomic E-state index is 0.721. The van der Waals surface area contributed by atoms with Crippen LogP contribution in [0.3, 0.4) is 0 Å². The minimum Gasteiger partial charge on any atom is -0.311 e. The van der Waals surface area contributed by atoms with Crippen LogP contribution < -0.4 is 5.32 Å². The largest absolute Gasteiger partial charge is 0.311 e. The molecule has 0 aliphatic carbocycles. The number of pyridine rings is 1. The van der Waals surface area contributed by atoms with Crippen molar-refractivity contribution in [2.24, 2.45) is 0 Å². The average molecular weight is 300 g/mol. The van der Waals surface area contributed by atoms with E-state index in [1.54, 1.807) is 0 Å². The van der Waals surface area contributed by atoms with Gasteiger partial charge in [0.15, 0.2) is 0 Å². The van der Waals surface area contributed by atoms with Crippen molar-refractivity contribution < 1.29 is 0 Å². The summed E-state index contributed by atoms with van der Waals surface area (Å²) < 4.78 is 1.09. The quantitative estimate of drug-likeness (QED) is 0.636. The summed E-state index contributed by atoms with van der Waals surface area (Å²) in [7, 11) is 0. The summed E-state index contributed by atoms with van der Waals surface area (Å²) >= 11 is 2.26. The maximum absolute atomic E-state index is 4.37. The maximum atomic E-state index is 4.37. The van der Waals surface area contributed by atoms with Gasteiger partial charge in [0.05, 0.1) is 0 Å². The van der Waals surface area contributed by atoms with Crippen LogP contribution in [0, 0.1) is 3.70 Å². The molecule has 74 valence electrons. The van der Waals surface area contributed by atoms with Gasteiger partial charge in [-0.05, 0) is 53.5 Å². The van der Waals surface area contributed by atoms with Crippen LogP contribution in [0.15, 0.2) is 18.3 Å². The first-order chi connectivity index (χ1) is 6.83. The molecule has 1 aromatic rings. The van der Waals surface area contributed by atoms with Crippen LogP contribution in [0.25, 0.3) is 0 Å². The normalized spacial score (nSPS) is 35.1. The molecule has 2 aliphatic heterocycles. The van der Waals surface area contributed by atoms with Crippen LogP contribution in [0.5, 0.6) is 0 Å². The highest BCUT2D eigenvalue weighted by atomic mass is 127. The van der Waals surface area contributed by atoms with Gasteiger partial charge in [-0.1, -0.05) is 6.07 Å². The Kier molecular flexibility index (Phi) is 2.24. The summed E-state index contributed by atoms with van der Waals surface area (Å²) in [6, 6.07) is 5.86. The fraction of sp³-hybridized carbons (Fsp3) is 0.545. The number of hydrogen-bond donors (Lipinski definition) is 1. The van der Waals surface area contributed by atoms with Crippen molar-refractivity contribution in [3.8, 4) is 0 Å². The molecule has 0 amide bonds. The predicted molar refractivity (Wildman–Crippen MR) is 64.3 cm³/mol. The van der Waals surface area contributed by atoms with Gasteiger partial charge in [0, 0.05) is 24.2 Å². The van der Waals surface area contributed by atoms with Gasteiger partial charge in [0.1, 0.15) is 3.70 Å². The van der Waals surface area contributed by atoms with Crippen LogP contribution in [-0.4, -0.2) is 17.1 Å². The zero-order valence-corrected chi connectivity index (χ0v) is 10.1. The minimum absolute atomic E-state index is 0.721. The lowest BCUT2D eigenvalue weighted by Crippen LogP contribution is -2.21. The third-order valence-electron chi connectivity index (χ3n) is 3.48. The first-order valence-corrected chi connectivity index (χ1v) is 6.28. The van der Waals surface area contributed by atoms with Gasteiger partial charge in [0.2, 0.25) is 0 Å². The van der Waals surface area contributed by atoms with Crippen LogP contribution >= 0.6 is 22.6 Å². The Bertz CT molecular complexity index is 336. The first-order valence-electron chi connectivity index (χ1n) is 5.20. The van der Waals surface area contributed by atoms with Crippen molar-refractivity contribution >= 4 is 22.6 Å². The molecule has 0 radical (unpaired) electrons. The van der Waals surface area contributed by atoms with E-state index >= 15 is 0 Å². The molecule has 3 rings (SSSR count). The highest BCUT2D eigenvalue weighted by Crippen LogP contribution is 2.39. The van der Waals surface area contributed by atoms with E-state index in [-0.39, 0.29) is 0 Å². The predicted octanol–water partition coefficient (Wildman–Crippen LogP) is 2.29. The summed E-state index contributed by atoms with van der Waals surface area (Å²) in [5.74, 6) is 0.721. The highest BCUT2D eigenvalue weighted by Gasteiger charge is 2.39. The number of rotatable bonds is 1. The number of fused-ring (bicyclic) bond motifs is 2. The number of nitrogens with one attached hydrogen (secondary N) is 1. The number of nitrogens with zero attached hydrogens (tertiary/aromatic N) is 1. The standard InChI is InChI=1S/C11H13IN2/c12-11-4-1-7(6-13-11)9-5-8-2-3-10(9)14-8/h1,4,6,8-10,14H,2-3,5H2/t8-,9+,10?/m0/s1. The summed E-state index contributed by atoms with van der Waals surface area (Å²) in [6.45, 7) is 0. The molecule has 14 heavy (non-hydrogen) atoms. The first kappa shape index (κ1) is 9.09. The van der Waals surface area contributed by atoms with Crippen LogP contribution in [-0.2, 0) is 0 Å². The fourth-order valence-corrected chi connectivity index (χ4v) is 3.12. The molecular formula is C11H13IN2. The lowest BCUT2D eigenvalue weighted by Gasteiger charge is -2.19. The van der Waals surface area contributed by atoms with Crippen LogP contribution in [0.4, 0.5) is 0 Å². The Morgan fingerprint density at radius 2 is 2.29 bits per heavy atom. The fourth-order valence-electron chi connectivity index (χ4n) is 2.80. The van der Waals surface area contributed by atoms with Gasteiger partial charge in [-0.2, -0.15) is 0 Å². The summed E-state index contributed by atoms with van der Waals surface area (Å²) in [5.41, 5.74) is 1.42. The Morgan fingerprint density at radius 1 is 1.36 bits per heavy atom. The Hall–Kier alpha value is -0.160. The van der Waals surface area contributed by atoms with E-state index in [1.807, 2.05) is 0 Å². The molecule has 3 heterocycles. The summed E-state index contributed by atoms with van der Waals surface area (Å²) in [4.78, 5) is 4.37. The SMILES string of the molecule is Ic1ccc([C@H]2C[C@@H]3CCC2N3)cn1. The van der Waals surface area contributed by atoms with E-state index in [4.69, 9.17) is 0 Å². The highest BCUT2D eigenvalue weighted by molar-refractivity contribution is 14.1. The van der Waals surface area contributed by atoms with E-state index in [0.717, 1.165) is 21.7 Å². The van der Waals surface area contributed by atoms with Gasteiger partial charge in [-0.15, -0.1) is 0 Å². The zero-order valence-electron chi connectivity index (χ0n) is 7.91. The van der Waals surface area contributed by atoms with Crippen LogP contribution in [0.1, 0.15) is 30.7 Å². The Labute approximate surface area is 97.6 Å². The second kappa shape index (κ2) is 3.45. The monoisotopic (exact) mass is 300 g/mol. The molecule has 1 aromatic heterocycles. The zero-order chi connectivity index (χ0) is 9.54. The van der Waals surface area contributed by atoms with Crippen LogP contribution in [0.2, 0.25) is 0 Å². The average Bonchev–Trinajstić information content (AvgIpc) is 2.80. The molecule has 2 nitrogen and oxygen atoms in total. The van der Waals surface area contributed by atoms with Crippen molar-refractivity contribution in [1.82, 2.24) is 10.3 Å². The molecule has 1 unspecified atom stereocenters. The molecule has 2 fully saturated rings. The van der Waals surface area contributed by atoms with E-state index in [0.29, 0.717) is 0 Å². The van der Waals surface area contributed by atoms with Crippen molar-refractivity contribution in [3.05, 3.63) is 27.6 Å². The molecule has 2 aliphatic rings. The number of hydrogen-bond acceptors (Lipinski definition) is 2. The molecular weight excluding hydrogens is 287 g/mol. The Morgan fingerprint density at radius 3 is 2.86 bits per heavy atom. The molecule has 2 bridgehead atoms.